The molecule has 16 heavy (non-hydrogen) atoms. The van der Waals surface area contributed by atoms with Crippen LogP contribution in [0.4, 0.5) is 0 Å². The zero-order valence-electron chi connectivity index (χ0n) is 8.02. The van der Waals surface area contributed by atoms with Crippen molar-refractivity contribution >= 4 is 21.8 Å². The number of benzene rings is 1. The van der Waals surface area contributed by atoms with Crippen molar-refractivity contribution in [3.63, 3.8) is 0 Å². The molecule has 0 aliphatic carbocycles. The highest BCUT2D eigenvalue weighted by Gasteiger charge is 2.05. The normalized spacial score (nSPS) is 11.0. The molecule has 0 atom stereocenters. The largest absolute Gasteiger partial charge is 0.313 e. The Labute approximate surface area is 88.0 Å². The first-order valence-corrected chi connectivity index (χ1v) is 4.60. The summed E-state index contributed by atoms with van der Waals surface area (Å²) in [5.74, 6) is 0. The van der Waals surface area contributed by atoms with Gasteiger partial charge in [0.2, 0.25) is 0 Å². The van der Waals surface area contributed by atoms with Gasteiger partial charge in [-0.1, -0.05) is 0 Å². The van der Waals surface area contributed by atoms with Gasteiger partial charge in [-0.25, -0.2) is 9.97 Å². The Kier molecular flexibility index (Phi) is 1.64. The van der Waals surface area contributed by atoms with E-state index in [0.29, 0.717) is 21.8 Å². The summed E-state index contributed by atoms with van der Waals surface area (Å²) in [4.78, 5) is 35.9. The van der Waals surface area contributed by atoms with Gasteiger partial charge in [0.25, 0.3) is 11.1 Å². The Balaban J connectivity index is 2.65. The third-order valence-electron chi connectivity index (χ3n) is 2.40. The zero-order valence-corrected chi connectivity index (χ0v) is 8.02. The fourth-order valence-corrected chi connectivity index (χ4v) is 1.63. The van der Waals surface area contributed by atoms with E-state index in [4.69, 9.17) is 0 Å². The Hall–Kier alpha value is -2.50. The van der Waals surface area contributed by atoms with Crippen LogP contribution in [0.15, 0.2) is 34.4 Å². The molecule has 0 unspecified atom stereocenters. The van der Waals surface area contributed by atoms with Gasteiger partial charge < -0.3 is 9.97 Å². The van der Waals surface area contributed by atoms with Crippen LogP contribution in [0, 0.1) is 0 Å². The topological polar surface area (TPSA) is 91.5 Å². The Morgan fingerprint density at radius 2 is 1.25 bits per heavy atom. The summed E-state index contributed by atoms with van der Waals surface area (Å²) in [5.41, 5.74) is 0.479. The SMILES string of the molecule is O=c1[nH]cnc2cc3c(=O)[nH]cnc3cc12. The van der Waals surface area contributed by atoms with Gasteiger partial charge in [0.1, 0.15) is 0 Å². The summed E-state index contributed by atoms with van der Waals surface area (Å²) in [5, 5.41) is 0.848. The van der Waals surface area contributed by atoms with Crippen molar-refractivity contribution in [1.82, 2.24) is 19.9 Å². The van der Waals surface area contributed by atoms with E-state index in [2.05, 4.69) is 19.9 Å². The Morgan fingerprint density at radius 1 is 0.812 bits per heavy atom. The molecule has 78 valence electrons. The standard InChI is InChI=1S/C10H6N4O2/c15-9-5-1-7-6(10(16)14-3-11-7)2-8(5)12-4-13-9/h1-4H,(H,11,14,16)(H,12,13,15). The van der Waals surface area contributed by atoms with Crippen LogP contribution in [-0.2, 0) is 0 Å². The molecule has 0 spiro atoms. The van der Waals surface area contributed by atoms with E-state index in [1.54, 1.807) is 12.1 Å². The number of fused-ring (bicyclic) bond motifs is 2. The van der Waals surface area contributed by atoms with Crippen LogP contribution in [-0.4, -0.2) is 19.9 Å². The summed E-state index contributed by atoms with van der Waals surface area (Å²) >= 11 is 0. The van der Waals surface area contributed by atoms with Crippen molar-refractivity contribution in [2.75, 3.05) is 0 Å². The number of nitrogens with one attached hydrogen (secondary N) is 2. The van der Waals surface area contributed by atoms with E-state index in [1.807, 2.05) is 0 Å². The van der Waals surface area contributed by atoms with Gasteiger partial charge in [0.05, 0.1) is 34.5 Å². The summed E-state index contributed by atoms with van der Waals surface area (Å²) < 4.78 is 0. The highest BCUT2D eigenvalue weighted by molar-refractivity contribution is 5.93. The summed E-state index contributed by atoms with van der Waals surface area (Å²) in [6.07, 6.45) is 2.61. The molecule has 0 aliphatic heterocycles. The zero-order chi connectivity index (χ0) is 11.1. The van der Waals surface area contributed by atoms with Crippen molar-refractivity contribution in [2.24, 2.45) is 0 Å². The molecule has 0 aliphatic rings. The third kappa shape index (κ3) is 1.13. The molecule has 0 saturated heterocycles. The maximum Gasteiger partial charge on any atom is 0.258 e. The summed E-state index contributed by atoms with van der Waals surface area (Å²) in [6, 6.07) is 3.12. The molecule has 1 aromatic carbocycles. The molecule has 0 saturated carbocycles. The van der Waals surface area contributed by atoms with Crippen LogP contribution in [0.3, 0.4) is 0 Å². The fraction of sp³-hybridized carbons (Fsp3) is 0. The lowest BCUT2D eigenvalue weighted by Crippen LogP contribution is -2.09. The van der Waals surface area contributed by atoms with Gasteiger partial charge in [0.15, 0.2) is 0 Å². The lowest BCUT2D eigenvalue weighted by atomic mass is 10.2. The number of hydrogen-bond donors (Lipinski definition) is 2. The molecule has 0 bridgehead atoms. The molecule has 0 amide bonds. The minimum Gasteiger partial charge on any atom is -0.313 e. The minimum absolute atomic E-state index is 0.242. The van der Waals surface area contributed by atoms with Crippen LogP contribution >= 0.6 is 0 Å². The molecule has 0 fully saturated rings. The molecule has 3 rings (SSSR count). The first-order valence-electron chi connectivity index (χ1n) is 4.60. The van der Waals surface area contributed by atoms with Gasteiger partial charge in [0, 0.05) is 0 Å². The molecule has 2 aromatic heterocycles. The average molecular weight is 214 g/mol. The number of hydrogen-bond acceptors (Lipinski definition) is 4. The van der Waals surface area contributed by atoms with E-state index in [0.717, 1.165) is 0 Å². The molecule has 2 N–H and O–H groups in total. The summed E-state index contributed by atoms with van der Waals surface area (Å²) in [7, 11) is 0. The van der Waals surface area contributed by atoms with E-state index in [1.165, 1.54) is 12.7 Å². The van der Waals surface area contributed by atoms with E-state index >= 15 is 0 Å². The van der Waals surface area contributed by atoms with Gasteiger partial charge >= 0.3 is 0 Å². The van der Waals surface area contributed by atoms with Gasteiger partial charge in [-0.3, -0.25) is 9.59 Å². The van der Waals surface area contributed by atoms with E-state index in [-0.39, 0.29) is 11.1 Å². The van der Waals surface area contributed by atoms with Crippen LogP contribution in [0.5, 0.6) is 0 Å². The maximum absolute atomic E-state index is 11.5. The van der Waals surface area contributed by atoms with Crippen LogP contribution in [0.25, 0.3) is 21.8 Å². The molecular weight excluding hydrogens is 208 g/mol. The monoisotopic (exact) mass is 214 g/mol. The highest BCUT2D eigenvalue weighted by Crippen LogP contribution is 2.12. The maximum atomic E-state index is 11.5. The third-order valence-corrected chi connectivity index (χ3v) is 2.40. The number of rotatable bonds is 0. The highest BCUT2D eigenvalue weighted by atomic mass is 16.1. The second-order valence-corrected chi connectivity index (χ2v) is 3.35. The quantitative estimate of drug-likeness (QED) is 0.521. The second kappa shape index (κ2) is 2.99. The fourth-order valence-electron chi connectivity index (χ4n) is 1.63. The smallest absolute Gasteiger partial charge is 0.258 e. The van der Waals surface area contributed by atoms with Crippen molar-refractivity contribution in [3.05, 3.63) is 45.5 Å². The van der Waals surface area contributed by atoms with Crippen LogP contribution < -0.4 is 11.1 Å². The molecule has 3 aromatic rings. The Morgan fingerprint density at radius 3 is 1.69 bits per heavy atom. The first kappa shape index (κ1) is 8.78. The van der Waals surface area contributed by atoms with Crippen LogP contribution in [0.1, 0.15) is 0 Å². The Bertz CT molecular complexity index is 733. The number of H-pyrrole nitrogens is 2. The lowest BCUT2D eigenvalue weighted by molar-refractivity contribution is 1.16. The predicted molar refractivity (Wildman–Crippen MR) is 58.3 cm³/mol. The number of aromatic nitrogens is 4. The lowest BCUT2D eigenvalue weighted by Gasteiger charge is -1.98. The molecule has 2 heterocycles. The van der Waals surface area contributed by atoms with Crippen molar-refractivity contribution in [1.29, 1.82) is 0 Å². The van der Waals surface area contributed by atoms with E-state index in [9.17, 15) is 9.59 Å². The average Bonchev–Trinajstić information content (AvgIpc) is 2.29. The van der Waals surface area contributed by atoms with Crippen LogP contribution in [0.2, 0.25) is 0 Å². The van der Waals surface area contributed by atoms with Crippen molar-refractivity contribution in [3.8, 4) is 0 Å². The first-order chi connectivity index (χ1) is 7.75. The van der Waals surface area contributed by atoms with E-state index < -0.39 is 0 Å². The predicted octanol–water partition coefficient (Wildman–Crippen LogP) is 0.160. The molecule has 0 radical (unpaired) electrons. The molecule has 6 nitrogen and oxygen atoms in total. The summed E-state index contributed by atoms with van der Waals surface area (Å²) in [6.45, 7) is 0. The second-order valence-electron chi connectivity index (χ2n) is 3.35. The number of nitrogens with zero attached hydrogens (tertiary/aromatic N) is 2. The molecular formula is C10H6N4O2. The minimum atomic E-state index is -0.242. The van der Waals surface area contributed by atoms with Gasteiger partial charge in [-0.2, -0.15) is 0 Å². The molecule has 6 heteroatoms. The van der Waals surface area contributed by atoms with Gasteiger partial charge in [-0.15, -0.1) is 0 Å². The van der Waals surface area contributed by atoms with Crippen molar-refractivity contribution in [2.45, 2.75) is 0 Å². The van der Waals surface area contributed by atoms with Gasteiger partial charge in [-0.05, 0) is 12.1 Å². The van der Waals surface area contributed by atoms with Crippen molar-refractivity contribution < 1.29 is 0 Å². The number of aromatic amines is 2.